The zero-order valence-corrected chi connectivity index (χ0v) is 19.3. The Hall–Kier alpha value is -1.41. The molecule has 0 radical (unpaired) electrons. The van der Waals surface area contributed by atoms with Crippen LogP contribution in [0.15, 0.2) is 12.2 Å². The lowest BCUT2D eigenvalue weighted by atomic mass is 10.1. The molecule has 0 saturated carbocycles. The van der Waals surface area contributed by atoms with E-state index in [0.29, 0.717) is 19.6 Å². The number of hydrogen-bond donors (Lipinski definition) is 0. The van der Waals surface area contributed by atoms with E-state index in [0.717, 1.165) is 51.4 Å². The number of ether oxygens (including phenoxy) is 2. The van der Waals surface area contributed by atoms with E-state index < -0.39 is 10.0 Å². The van der Waals surface area contributed by atoms with Crippen LogP contribution in [0.1, 0.15) is 78.6 Å². The van der Waals surface area contributed by atoms with Gasteiger partial charge < -0.3 is 9.47 Å². The zero-order valence-electron chi connectivity index (χ0n) is 18.5. The van der Waals surface area contributed by atoms with E-state index in [1.54, 1.807) is 19.1 Å². The molecule has 0 aromatic heterocycles. The molecule has 0 bridgehead atoms. The molecule has 0 heterocycles. The predicted molar refractivity (Wildman–Crippen MR) is 115 cm³/mol. The first-order valence-corrected chi connectivity index (χ1v) is 12.5. The van der Waals surface area contributed by atoms with Crippen molar-refractivity contribution in [2.45, 2.75) is 84.7 Å². The lowest BCUT2D eigenvalue weighted by molar-refractivity contribution is -0.145. The fourth-order valence-electron chi connectivity index (χ4n) is 2.87. The Morgan fingerprint density at radius 1 is 1.03 bits per heavy atom. The van der Waals surface area contributed by atoms with Crippen molar-refractivity contribution < 1.29 is 27.5 Å². The van der Waals surface area contributed by atoms with Crippen LogP contribution in [0.2, 0.25) is 0 Å². The van der Waals surface area contributed by atoms with Crippen molar-refractivity contribution >= 4 is 22.0 Å². The first-order valence-electron chi connectivity index (χ1n) is 10.6. The summed E-state index contributed by atoms with van der Waals surface area (Å²) in [5.41, 5.74) is 0. The number of hydrogen-bond acceptors (Lipinski definition) is 6. The molecule has 0 aliphatic heterocycles. The average Bonchev–Trinajstić information content (AvgIpc) is 2.61. The monoisotopic (exact) mass is 433 g/mol. The maximum Gasteiger partial charge on any atom is 0.305 e. The van der Waals surface area contributed by atoms with Gasteiger partial charge in [0.15, 0.2) is 0 Å². The van der Waals surface area contributed by atoms with E-state index in [2.05, 4.69) is 6.92 Å². The van der Waals surface area contributed by atoms with Crippen LogP contribution in [-0.4, -0.2) is 56.7 Å². The Balaban J connectivity index is 4.43. The summed E-state index contributed by atoms with van der Waals surface area (Å²) in [6, 6.07) is 0. The molecule has 1 atom stereocenters. The quantitative estimate of drug-likeness (QED) is 0.197. The van der Waals surface area contributed by atoms with Crippen LogP contribution < -0.4 is 0 Å². The molecule has 0 N–H and O–H groups in total. The van der Waals surface area contributed by atoms with Gasteiger partial charge in [0.1, 0.15) is 6.10 Å². The van der Waals surface area contributed by atoms with Crippen LogP contribution in [0.4, 0.5) is 0 Å². The summed E-state index contributed by atoms with van der Waals surface area (Å²) in [5, 5.41) is 0. The molecule has 0 aliphatic rings. The molecule has 0 aromatic rings. The minimum Gasteiger partial charge on any atom is -0.466 e. The summed E-state index contributed by atoms with van der Waals surface area (Å²) in [4.78, 5) is 22.5. The summed E-state index contributed by atoms with van der Waals surface area (Å²) in [7, 11) is -3.32. The fourth-order valence-corrected chi connectivity index (χ4v) is 3.69. The first kappa shape index (κ1) is 27.6. The van der Waals surface area contributed by atoms with Gasteiger partial charge in [0.2, 0.25) is 10.0 Å². The maximum atomic E-state index is 12.0. The fraction of sp³-hybridized carbons (Fsp3) is 0.810. The summed E-state index contributed by atoms with van der Waals surface area (Å²) in [5.74, 6) is -0.518. The highest BCUT2D eigenvalue weighted by atomic mass is 32.2. The number of rotatable bonds is 17. The van der Waals surface area contributed by atoms with Gasteiger partial charge in [-0.1, -0.05) is 38.7 Å². The Morgan fingerprint density at radius 3 is 2.31 bits per heavy atom. The molecule has 8 heteroatoms. The largest absolute Gasteiger partial charge is 0.466 e. The molecule has 170 valence electrons. The van der Waals surface area contributed by atoms with E-state index in [1.165, 1.54) is 17.5 Å². The molecule has 0 rings (SSSR count). The highest BCUT2D eigenvalue weighted by molar-refractivity contribution is 7.88. The van der Waals surface area contributed by atoms with Crippen LogP contribution in [-0.2, 0) is 29.1 Å². The van der Waals surface area contributed by atoms with E-state index in [-0.39, 0.29) is 24.6 Å². The van der Waals surface area contributed by atoms with E-state index in [1.807, 2.05) is 0 Å². The molecule has 0 spiro atoms. The third kappa shape index (κ3) is 16.1. The van der Waals surface area contributed by atoms with Gasteiger partial charge in [-0.05, 0) is 38.7 Å². The maximum absolute atomic E-state index is 12.0. The van der Waals surface area contributed by atoms with Crippen LogP contribution in [0.3, 0.4) is 0 Å². The van der Waals surface area contributed by atoms with Crippen molar-refractivity contribution in [3.63, 3.8) is 0 Å². The van der Waals surface area contributed by atoms with E-state index >= 15 is 0 Å². The molecule has 0 saturated heterocycles. The van der Waals surface area contributed by atoms with Crippen LogP contribution >= 0.6 is 0 Å². The second-order valence-electron chi connectivity index (χ2n) is 7.16. The minimum atomic E-state index is -3.32. The van der Waals surface area contributed by atoms with E-state index in [4.69, 9.17) is 9.47 Å². The van der Waals surface area contributed by atoms with Gasteiger partial charge in [0.25, 0.3) is 0 Å². The topological polar surface area (TPSA) is 90.0 Å². The van der Waals surface area contributed by atoms with Crippen LogP contribution in [0, 0.1) is 0 Å². The van der Waals surface area contributed by atoms with Gasteiger partial charge in [0.05, 0.1) is 12.9 Å². The molecule has 0 amide bonds. The SMILES string of the molecule is CCCCCC(/C=C/CN(CCCCCCC(=O)OCC)S(C)(=O)=O)OC(C)=O. The molecular formula is C21H39NO6S. The number of carbonyl (C=O) groups excluding carboxylic acids is 2. The standard InChI is InChI=1S/C21H39NO6S/c1-5-7-10-14-20(28-19(3)23)15-13-18-22(29(4,25)26)17-12-9-8-11-16-21(24)27-6-2/h13,15,20H,5-12,14,16-18H2,1-4H3/b15-13+. The van der Waals surface area contributed by atoms with Crippen molar-refractivity contribution in [1.29, 1.82) is 0 Å². The summed E-state index contributed by atoms with van der Waals surface area (Å²) in [6.45, 7) is 6.35. The lowest BCUT2D eigenvalue weighted by Gasteiger charge is -2.19. The molecule has 1 unspecified atom stereocenters. The van der Waals surface area contributed by atoms with Crippen LogP contribution in [0.5, 0.6) is 0 Å². The van der Waals surface area contributed by atoms with Crippen LogP contribution in [0.25, 0.3) is 0 Å². The molecule has 0 aromatic carbocycles. The molecule has 7 nitrogen and oxygen atoms in total. The van der Waals surface area contributed by atoms with Gasteiger partial charge in [0, 0.05) is 26.4 Å². The Labute approximate surface area is 176 Å². The van der Waals surface area contributed by atoms with E-state index in [9.17, 15) is 18.0 Å². The molecular weight excluding hydrogens is 394 g/mol. The number of sulfonamides is 1. The smallest absolute Gasteiger partial charge is 0.305 e. The zero-order chi connectivity index (χ0) is 22.1. The predicted octanol–water partition coefficient (Wildman–Crippen LogP) is 3.83. The first-order chi connectivity index (χ1) is 13.7. The third-order valence-electron chi connectivity index (χ3n) is 4.38. The second-order valence-corrected chi connectivity index (χ2v) is 9.14. The number of esters is 2. The highest BCUT2D eigenvalue weighted by Crippen LogP contribution is 2.11. The average molecular weight is 434 g/mol. The van der Waals surface area contributed by atoms with Gasteiger partial charge in [-0.3, -0.25) is 9.59 Å². The number of unbranched alkanes of at least 4 members (excludes halogenated alkanes) is 5. The van der Waals surface area contributed by atoms with Crippen molar-refractivity contribution in [1.82, 2.24) is 4.31 Å². The Kier molecular flexibility index (Phi) is 15.6. The highest BCUT2D eigenvalue weighted by Gasteiger charge is 2.15. The molecule has 0 fully saturated rings. The molecule has 0 aliphatic carbocycles. The summed E-state index contributed by atoms with van der Waals surface area (Å²) in [6.07, 6.45) is 11.9. The Bertz CT molecular complexity index is 588. The summed E-state index contributed by atoms with van der Waals surface area (Å²) >= 11 is 0. The number of carbonyl (C=O) groups is 2. The van der Waals surface area contributed by atoms with Gasteiger partial charge in [-0.25, -0.2) is 8.42 Å². The minimum absolute atomic E-state index is 0.184. The van der Waals surface area contributed by atoms with Crippen molar-refractivity contribution in [2.75, 3.05) is 26.0 Å². The second kappa shape index (κ2) is 16.4. The van der Waals surface area contributed by atoms with Crippen molar-refractivity contribution in [3.05, 3.63) is 12.2 Å². The van der Waals surface area contributed by atoms with Gasteiger partial charge in [-0.15, -0.1) is 0 Å². The van der Waals surface area contributed by atoms with Gasteiger partial charge >= 0.3 is 11.9 Å². The third-order valence-corrected chi connectivity index (χ3v) is 5.65. The normalized spacial score (nSPS) is 13.0. The van der Waals surface area contributed by atoms with Gasteiger partial charge in [-0.2, -0.15) is 4.31 Å². The van der Waals surface area contributed by atoms with Crippen molar-refractivity contribution in [2.24, 2.45) is 0 Å². The van der Waals surface area contributed by atoms with Crippen molar-refractivity contribution in [3.8, 4) is 0 Å². The Morgan fingerprint density at radius 2 is 1.72 bits per heavy atom. The number of nitrogens with zero attached hydrogens (tertiary/aromatic N) is 1. The molecule has 29 heavy (non-hydrogen) atoms. The summed E-state index contributed by atoms with van der Waals surface area (Å²) < 4.78 is 35.6. The lowest BCUT2D eigenvalue weighted by Crippen LogP contribution is -2.31.